The standard InChI is InChI=1S/C20H27BrO3/c1-3-24-17-10-20(2)15(9-16(21)19(20)23)14-6-4-11-8-12(22)5-7-13(11)18(14)17/h5,7-8,14-19,22-23H,3-4,6,9-10H2,1-2H3/t14-,15-,16-,17-,18+,19-,20-/m0/s1. The Morgan fingerprint density at radius 2 is 2.17 bits per heavy atom. The lowest BCUT2D eigenvalue weighted by atomic mass is 9.54. The molecule has 0 bridgehead atoms. The van der Waals surface area contributed by atoms with Crippen molar-refractivity contribution in [3.63, 3.8) is 0 Å². The van der Waals surface area contributed by atoms with Crippen LogP contribution in [-0.2, 0) is 11.2 Å². The van der Waals surface area contributed by atoms with Crippen LogP contribution in [0.3, 0.4) is 0 Å². The highest BCUT2D eigenvalue weighted by atomic mass is 79.9. The molecule has 24 heavy (non-hydrogen) atoms. The summed E-state index contributed by atoms with van der Waals surface area (Å²) in [4.78, 5) is 0.190. The molecule has 4 rings (SSSR count). The third-order valence-corrected chi connectivity index (χ3v) is 7.85. The van der Waals surface area contributed by atoms with Crippen molar-refractivity contribution in [2.75, 3.05) is 6.61 Å². The number of halogens is 1. The summed E-state index contributed by atoms with van der Waals surface area (Å²) in [5.41, 5.74) is 2.57. The molecule has 3 aliphatic rings. The van der Waals surface area contributed by atoms with E-state index in [1.165, 1.54) is 11.1 Å². The predicted octanol–water partition coefficient (Wildman–Crippen LogP) is 4.00. The van der Waals surface area contributed by atoms with Gasteiger partial charge in [0.2, 0.25) is 0 Å². The number of phenols is 1. The number of phenolic OH excluding ortho intramolecular Hbond substituents is 1. The Hall–Kier alpha value is -0.580. The van der Waals surface area contributed by atoms with Gasteiger partial charge in [-0.05, 0) is 67.7 Å². The molecule has 132 valence electrons. The summed E-state index contributed by atoms with van der Waals surface area (Å²) in [6.45, 7) is 5.02. The van der Waals surface area contributed by atoms with Gasteiger partial charge >= 0.3 is 0 Å². The SMILES string of the molecule is CCO[C@H]1C[C@]2(C)[C@@H](O)[C@@H](Br)C[C@H]2[C@@H]2CCc3cc(O)ccc3[C@H]21. The van der Waals surface area contributed by atoms with Gasteiger partial charge in [0.1, 0.15) is 5.75 Å². The fourth-order valence-electron chi connectivity index (χ4n) is 5.94. The fraction of sp³-hybridized carbons (Fsp3) is 0.700. The van der Waals surface area contributed by atoms with Gasteiger partial charge in [0.15, 0.2) is 0 Å². The van der Waals surface area contributed by atoms with Crippen LogP contribution in [0.15, 0.2) is 18.2 Å². The van der Waals surface area contributed by atoms with Crippen LogP contribution in [0.2, 0.25) is 0 Å². The topological polar surface area (TPSA) is 49.7 Å². The van der Waals surface area contributed by atoms with Crippen molar-refractivity contribution in [1.29, 1.82) is 0 Å². The van der Waals surface area contributed by atoms with Gasteiger partial charge in [-0.15, -0.1) is 0 Å². The van der Waals surface area contributed by atoms with E-state index in [9.17, 15) is 10.2 Å². The van der Waals surface area contributed by atoms with Crippen molar-refractivity contribution in [2.45, 2.75) is 62.5 Å². The Morgan fingerprint density at radius 3 is 2.92 bits per heavy atom. The third kappa shape index (κ3) is 2.37. The van der Waals surface area contributed by atoms with Gasteiger partial charge in [-0.25, -0.2) is 0 Å². The first kappa shape index (κ1) is 16.9. The Morgan fingerprint density at radius 1 is 1.38 bits per heavy atom. The first-order valence-electron chi connectivity index (χ1n) is 9.21. The van der Waals surface area contributed by atoms with E-state index in [4.69, 9.17) is 4.74 Å². The minimum absolute atomic E-state index is 0.0659. The molecule has 0 saturated heterocycles. The number of aliphatic hydroxyl groups is 1. The van der Waals surface area contributed by atoms with Crippen molar-refractivity contribution in [2.24, 2.45) is 17.3 Å². The lowest BCUT2D eigenvalue weighted by molar-refractivity contribution is -0.102. The molecule has 0 radical (unpaired) electrons. The van der Waals surface area contributed by atoms with Crippen molar-refractivity contribution >= 4 is 15.9 Å². The first-order valence-corrected chi connectivity index (χ1v) is 10.1. The molecular formula is C20H27BrO3. The van der Waals surface area contributed by atoms with Gasteiger partial charge < -0.3 is 14.9 Å². The van der Waals surface area contributed by atoms with Crippen LogP contribution < -0.4 is 0 Å². The van der Waals surface area contributed by atoms with Crippen LogP contribution in [0.1, 0.15) is 50.2 Å². The molecule has 3 nitrogen and oxygen atoms in total. The average Bonchev–Trinajstić information content (AvgIpc) is 2.78. The molecule has 3 aliphatic carbocycles. The minimum Gasteiger partial charge on any atom is -0.508 e. The van der Waals surface area contributed by atoms with E-state index in [-0.39, 0.29) is 22.5 Å². The molecule has 1 aromatic carbocycles. The Kier molecular flexibility index (Phi) is 4.21. The molecule has 2 fully saturated rings. The molecule has 4 heteroatoms. The summed E-state index contributed by atoms with van der Waals surface area (Å²) in [5, 5.41) is 20.7. The van der Waals surface area contributed by atoms with Crippen LogP contribution in [0.25, 0.3) is 0 Å². The monoisotopic (exact) mass is 394 g/mol. The molecule has 7 atom stereocenters. The summed E-state index contributed by atoms with van der Waals surface area (Å²) in [6.07, 6.45) is 3.95. The molecule has 0 aromatic heterocycles. The number of benzene rings is 1. The summed E-state index contributed by atoms with van der Waals surface area (Å²) in [5.74, 6) is 1.82. The van der Waals surface area contributed by atoms with Crippen LogP contribution in [-0.4, -0.2) is 33.9 Å². The van der Waals surface area contributed by atoms with Crippen LogP contribution in [0, 0.1) is 17.3 Å². The Balaban J connectivity index is 1.77. The zero-order valence-corrected chi connectivity index (χ0v) is 16.0. The van der Waals surface area contributed by atoms with Crippen molar-refractivity contribution in [3.8, 4) is 5.75 Å². The van der Waals surface area contributed by atoms with E-state index in [1.807, 2.05) is 12.1 Å². The van der Waals surface area contributed by atoms with Gasteiger partial charge in [0, 0.05) is 22.8 Å². The second-order valence-electron chi connectivity index (χ2n) is 8.12. The van der Waals surface area contributed by atoms with Crippen LogP contribution in [0.5, 0.6) is 5.75 Å². The van der Waals surface area contributed by atoms with Gasteiger partial charge in [-0.3, -0.25) is 0 Å². The smallest absolute Gasteiger partial charge is 0.115 e. The molecule has 0 unspecified atom stereocenters. The summed E-state index contributed by atoms with van der Waals surface area (Å²) in [7, 11) is 0. The van der Waals surface area contributed by atoms with Crippen molar-refractivity contribution < 1.29 is 14.9 Å². The van der Waals surface area contributed by atoms with E-state index in [2.05, 4.69) is 35.8 Å². The zero-order chi connectivity index (χ0) is 17.1. The highest BCUT2D eigenvalue weighted by molar-refractivity contribution is 9.09. The van der Waals surface area contributed by atoms with E-state index in [1.54, 1.807) is 0 Å². The lowest BCUT2D eigenvalue weighted by Gasteiger charge is -2.53. The quantitative estimate of drug-likeness (QED) is 0.745. The highest BCUT2D eigenvalue weighted by Crippen LogP contribution is 2.62. The summed E-state index contributed by atoms with van der Waals surface area (Å²) < 4.78 is 6.21. The molecular weight excluding hydrogens is 368 g/mol. The Labute approximate surface area is 152 Å². The molecule has 0 aliphatic heterocycles. The number of rotatable bonds is 2. The number of alkyl halides is 1. The normalized spacial score (nSPS) is 43.8. The van der Waals surface area contributed by atoms with Crippen molar-refractivity contribution in [1.82, 2.24) is 0 Å². The van der Waals surface area contributed by atoms with E-state index in [0.717, 1.165) is 25.7 Å². The molecule has 0 amide bonds. The summed E-state index contributed by atoms with van der Waals surface area (Å²) >= 11 is 3.72. The first-order chi connectivity index (χ1) is 11.5. The van der Waals surface area contributed by atoms with Crippen LogP contribution in [0.4, 0.5) is 0 Å². The number of hydrogen-bond donors (Lipinski definition) is 2. The summed E-state index contributed by atoms with van der Waals surface area (Å²) in [6, 6.07) is 5.85. The number of aryl methyl sites for hydroxylation is 1. The molecule has 0 heterocycles. The second-order valence-corrected chi connectivity index (χ2v) is 9.29. The number of aromatic hydroxyl groups is 1. The number of fused-ring (bicyclic) bond motifs is 5. The van der Waals surface area contributed by atoms with Gasteiger partial charge in [0.25, 0.3) is 0 Å². The molecule has 2 saturated carbocycles. The lowest BCUT2D eigenvalue weighted by Crippen LogP contribution is -2.51. The largest absolute Gasteiger partial charge is 0.508 e. The maximum absolute atomic E-state index is 10.8. The average molecular weight is 395 g/mol. The maximum atomic E-state index is 10.8. The highest BCUT2D eigenvalue weighted by Gasteiger charge is 2.60. The number of ether oxygens (including phenoxy) is 1. The second kappa shape index (κ2) is 6.00. The van der Waals surface area contributed by atoms with Crippen LogP contribution >= 0.6 is 15.9 Å². The molecule has 2 N–H and O–H groups in total. The molecule has 0 spiro atoms. The Bertz CT molecular complexity index is 633. The zero-order valence-electron chi connectivity index (χ0n) is 14.4. The van der Waals surface area contributed by atoms with Gasteiger partial charge in [-0.2, -0.15) is 0 Å². The van der Waals surface area contributed by atoms with Gasteiger partial charge in [0.05, 0.1) is 12.2 Å². The predicted molar refractivity (Wildman–Crippen MR) is 97.6 cm³/mol. The minimum atomic E-state index is -0.298. The van der Waals surface area contributed by atoms with E-state index >= 15 is 0 Å². The molecule has 1 aromatic rings. The van der Waals surface area contributed by atoms with Crippen molar-refractivity contribution in [3.05, 3.63) is 29.3 Å². The number of hydrogen-bond acceptors (Lipinski definition) is 3. The maximum Gasteiger partial charge on any atom is 0.115 e. The van der Waals surface area contributed by atoms with E-state index < -0.39 is 0 Å². The fourth-order valence-corrected chi connectivity index (χ4v) is 6.95. The third-order valence-electron chi connectivity index (χ3n) is 6.98. The van der Waals surface area contributed by atoms with Gasteiger partial charge in [-0.1, -0.05) is 28.9 Å². The van der Waals surface area contributed by atoms with E-state index in [0.29, 0.717) is 30.1 Å². The number of aliphatic hydroxyl groups excluding tert-OH is 1.